The third kappa shape index (κ3) is 4.08. The predicted octanol–water partition coefficient (Wildman–Crippen LogP) is 1.07. The van der Waals surface area contributed by atoms with Gasteiger partial charge in [-0.3, -0.25) is 4.90 Å². The molecule has 2 fully saturated rings. The first-order valence-corrected chi connectivity index (χ1v) is 7.62. The third-order valence-electron chi connectivity index (χ3n) is 4.35. The van der Waals surface area contributed by atoms with Crippen LogP contribution >= 0.6 is 0 Å². The lowest BCUT2D eigenvalue weighted by Gasteiger charge is -2.32. The summed E-state index contributed by atoms with van der Waals surface area (Å²) in [5.74, 6) is 0. The highest BCUT2D eigenvalue weighted by molar-refractivity contribution is 5.74. The first-order chi connectivity index (χ1) is 9.20. The Hall–Kier alpha value is -0.810. The van der Waals surface area contributed by atoms with Gasteiger partial charge in [-0.15, -0.1) is 0 Å². The van der Waals surface area contributed by atoms with Gasteiger partial charge in [0.05, 0.1) is 0 Å². The van der Waals surface area contributed by atoms with Crippen molar-refractivity contribution >= 4 is 6.03 Å². The summed E-state index contributed by atoms with van der Waals surface area (Å²) < 4.78 is 0. The van der Waals surface area contributed by atoms with Crippen LogP contribution in [0.25, 0.3) is 0 Å². The second-order valence-electron chi connectivity index (χ2n) is 5.88. The van der Waals surface area contributed by atoms with Gasteiger partial charge in [-0.25, -0.2) is 4.79 Å². The molecule has 19 heavy (non-hydrogen) atoms. The van der Waals surface area contributed by atoms with E-state index in [0.29, 0.717) is 12.1 Å². The van der Waals surface area contributed by atoms with Crippen molar-refractivity contribution in [2.75, 3.05) is 19.7 Å². The SMILES string of the molecule is CC(CCCO)NC(=O)NC1CCN2CCCCC12. The molecule has 2 heterocycles. The van der Waals surface area contributed by atoms with Crippen molar-refractivity contribution in [1.29, 1.82) is 0 Å². The molecular formula is C14H27N3O2. The van der Waals surface area contributed by atoms with E-state index in [-0.39, 0.29) is 18.7 Å². The van der Waals surface area contributed by atoms with E-state index in [1.165, 1.54) is 25.8 Å². The van der Waals surface area contributed by atoms with Gasteiger partial charge in [-0.1, -0.05) is 6.42 Å². The summed E-state index contributed by atoms with van der Waals surface area (Å²) in [5.41, 5.74) is 0. The van der Waals surface area contributed by atoms with E-state index in [9.17, 15) is 4.79 Å². The Bertz CT molecular complexity index is 298. The van der Waals surface area contributed by atoms with Crippen LogP contribution in [0.15, 0.2) is 0 Å². The van der Waals surface area contributed by atoms with Crippen LogP contribution in [0.1, 0.15) is 45.4 Å². The number of amides is 2. The van der Waals surface area contributed by atoms with Crippen LogP contribution in [-0.4, -0.2) is 53.9 Å². The monoisotopic (exact) mass is 269 g/mol. The van der Waals surface area contributed by atoms with Crippen molar-refractivity contribution in [1.82, 2.24) is 15.5 Å². The van der Waals surface area contributed by atoms with Crippen LogP contribution in [0.2, 0.25) is 0 Å². The van der Waals surface area contributed by atoms with Gasteiger partial charge in [-0.05, 0) is 45.6 Å². The maximum absolute atomic E-state index is 11.9. The summed E-state index contributed by atoms with van der Waals surface area (Å²) in [6.45, 7) is 4.48. The Morgan fingerprint density at radius 2 is 2.21 bits per heavy atom. The number of urea groups is 1. The van der Waals surface area contributed by atoms with E-state index in [0.717, 1.165) is 25.8 Å². The minimum atomic E-state index is -0.0529. The summed E-state index contributed by atoms with van der Waals surface area (Å²) in [6, 6.07) is 0.927. The number of hydrogen-bond acceptors (Lipinski definition) is 3. The lowest BCUT2D eigenvalue weighted by atomic mass is 9.99. The molecule has 2 saturated heterocycles. The Kier molecular flexibility index (Phi) is 5.45. The van der Waals surface area contributed by atoms with Crippen molar-refractivity contribution < 1.29 is 9.90 Å². The number of nitrogens with zero attached hydrogens (tertiary/aromatic N) is 1. The standard InChI is InChI=1S/C14H27N3O2/c1-11(5-4-10-18)15-14(19)16-12-7-9-17-8-3-2-6-13(12)17/h11-13,18H,2-10H2,1H3,(H2,15,16,19). The quantitative estimate of drug-likeness (QED) is 0.699. The molecule has 0 aromatic heterocycles. The van der Waals surface area contributed by atoms with Gasteiger partial charge in [0.2, 0.25) is 0 Å². The molecule has 0 aromatic carbocycles. The van der Waals surface area contributed by atoms with E-state index in [1.807, 2.05) is 6.92 Å². The molecular weight excluding hydrogens is 242 g/mol. The highest BCUT2D eigenvalue weighted by Crippen LogP contribution is 2.26. The molecule has 3 unspecified atom stereocenters. The minimum Gasteiger partial charge on any atom is -0.396 e. The summed E-state index contributed by atoms with van der Waals surface area (Å²) in [7, 11) is 0. The molecule has 2 amide bonds. The number of carbonyl (C=O) groups is 1. The smallest absolute Gasteiger partial charge is 0.315 e. The summed E-state index contributed by atoms with van der Waals surface area (Å²) in [4.78, 5) is 14.5. The van der Waals surface area contributed by atoms with Crippen LogP contribution < -0.4 is 10.6 Å². The zero-order chi connectivity index (χ0) is 13.7. The van der Waals surface area contributed by atoms with Gasteiger partial charge >= 0.3 is 6.03 Å². The van der Waals surface area contributed by atoms with E-state index >= 15 is 0 Å². The fourth-order valence-corrected chi connectivity index (χ4v) is 3.32. The Labute approximate surface area is 115 Å². The number of piperidine rings is 1. The predicted molar refractivity (Wildman–Crippen MR) is 75.1 cm³/mol. The Morgan fingerprint density at radius 3 is 3.00 bits per heavy atom. The number of hydrogen-bond donors (Lipinski definition) is 3. The number of aliphatic hydroxyl groups excluding tert-OH is 1. The molecule has 0 radical (unpaired) electrons. The van der Waals surface area contributed by atoms with Gasteiger partial charge in [0.15, 0.2) is 0 Å². The van der Waals surface area contributed by atoms with Crippen LogP contribution in [-0.2, 0) is 0 Å². The van der Waals surface area contributed by atoms with Crippen molar-refractivity contribution in [2.45, 2.75) is 63.6 Å². The lowest BCUT2D eigenvalue weighted by molar-refractivity contribution is 0.178. The molecule has 0 bridgehead atoms. The number of nitrogens with one attached hydrogen (secondary N) is 2. The zero-order valence-electron chi connectivity index (χ0n) is 11.9. The minimum absolute atomic E-state index is 0.0529. The molecule has 2 rings (SSSR count). The summed E-state index contributed by atoms with van der Waals surface area (Å²) in [5, 5.41) is 14.9. The number of rotatable bonds is 5. The highest BCUT2D eigenvalue weighted by atomic mass is 16.3. The molecule has 5 heteroatoms. The van der Waals surface area contributed by atoms with Crippen LogP contribution in [0.4, 0.5) is 4.79 Å². The normalized spacial score (nSPS) is 28.7. The summed E-state index contributed by atoms with van der Waals surface area (Å²) in [6.07, 6.45) is 6.43. The molecule has 2 aliphatic heterocycles. The maximum atomic E-state index is 11.9. The molecule has 0 aromatic rings. The Morgan fingerprint density at radius 1 is 1.37 bits per heavy atom. The lowest BCUT2D eigenvalue weighted by Crippen LogP contribution is -2.51. The van der Waals surface area contributed by atoms with Crippen molar-refractivity contribution in [3.8, 4) is 0 Å². The second kappa shape index (κ2) is 7.10. The number of aliphatic hydroxyl groups is 1. The van der Waals surface area contributed by atoms with Crippen molar-refractivity contribution in [3.05, 3.63) is 0 Å². The van der Waals surface area contributed by atoms with Gasteiger partial charge < -0.3 is 15.7 Å². The average Bonchev–Trinajstić information content (AvgIpc) is 2.80. The molecule has 110 valence electrons. The van der Waals surface area contributed by atoms with Gasteiger partial charge in [-0.2, -0.15) is 0 Å². The topological polar surface area (TPSA) is 64.6 Å². The van der Waals surface area contributed by atoms with Crippen LogP contribution in [0, 0.1) is 0 Å². The number of fused-ring (bicyclic) bond motifs is 1. The van der Waals surface area contributed by atoms with Gasteiger partial charge in [0.25, 0.3) is 0 Å². The third-order valence-corrected chi connectivity index (χ3v) is 4.35. The molecule has 0 saturated carbocycles. The summed E-state index contributed by atoms with van der Waals surface area (Å²) >= 11 is 0. The van der Waals surface area contributed by atoms with E-state index < -0.39 is 0 Å². The largest absolute Gasteiger partial charge is 0.396 e. The van der Waals surface area contributed by atoms with Gasteiger partial charge in [0.1, 0.15) is 0 Å². The van der Waals surface area contributed by atoms with E-state index in [4.69, 9.17) is 5.11 Å². The highest BCUT2D eigenvalue weighted by Gasteiger charge is 2.36. The first kappa shape index (κ1) is 14.6. The zero-order valence-corrected chi connectivity index (χ0v) is 11.9. The van der Waals surface area contributed by atoms with Crippen molar-refractivity contribution in [3.63, 3.8) is 0 Å². The van der Waals surface area contributed by atoms with Crippen LogP contribution in [0.3, 0.4) is 0 Å². The van der Waals surface area contributed by atoms with Gasteiger partial charge in [0, 0.05) is 31.3 Å². The second-order valence-corrected chi connectivity index (χ2v) is 5.88. The van der Waals surface area contributed by atoms with E-state index in [2.05, 4.69) is 15.5 Å². The number of carbonyl (C=O) groups excluding carboxylic acids is 1. The molecule has 0 aliphatic carbocycles. The fourth-order valence-electron chi connectivity index (χ4n) is 3.32. The van der Waals surface area contributed by atoms with Crippen LogP contribution in [0.5, 0.6) is 0 Å². The van der Waals surface area contributed by atoms with Crippen molar-refractivity contribution in [2.24, 2.45) is 0 Å². The van der Waals surface area contributed by atoms with E-state index in [1.54, 1.807) is 0 Å². The molecule has 5 nitrogen and oxygen atoms in total. The fraction of sp³-hybridized carbons (Fsp3) is 0.929. The molecule has 0 spiro atoms. The maximum Gasteiger partial charge on any atom is 0.315 e. The Balaban J connectivity index is 1.73. The average molecular weight is 269 g/mol. The molecule has 2 aliphatic rings. The first-order valence-electron chi connectivity index (χ1n) is 7.62. The molecule has 3 N–H and O–H groups in total. The molecule has 3 atom stereocenters.